The fourth-order valence-electron chi connectivity index (χ4n) is 5.11. The van der Waals surface area contributed by atoms with Crippen LogP contribution < -0.4 is 0 Å². The summed E-state index contributed by atoms with van der Waals surface area (Å²) >= 11 is 0. The minimum absolute atomic E-state index is 1.00. The molecular formula is C28H25N3. The number of aryl methyl sites for hydroxylation is 1. The molecule has 2 aromatic heterocycles. The fraction of sp³-hybridized carbons (Fsp3) is 0.179. The third-order valence-corrected chi connectivity index (χ3v) is 6.60. The number of hydrogen-bond donors (Lipinski definition) is 0. The van der Waals surface area contributed by atoms with Crippen LogP contribution in [-0.4, -0.2) is 28.0 Å². The van der Waals surface area contributed by atoms with Gasteiger partial charge in [0, 0.05) is 59.5 Å². The summed E-state index contributed by atoms with van der Waals surface area (Å²) in [4.78, 5) is 6.99. The Morgan fingerprint density at radius 1 is 0.839 bits per heavy atom. The van der Waals surface area contributed by atoms with Gasteiger partial charge < -0.3 is 9.47 Å². The van der Waals surface area contributed by atoms with Crippen molar-refractivity contribution in [3.05, 3.63) is 95.9 Å². The Kier molecular flexibility index (Phi) is 4.18. The quantitative estimate of drug-likeness (QED) is 0.353. The number of aromatic nitrogens is 2. The first kappa shape index (κ1) is 18.3. The van der Waals surface area contributed by atoms with Gasteiger partial charge in [-0.2, -0.15) is 0 Å². The Labute approximate surface area is 182 Å². The molecule has 0 N–H and O–H groups in total. The van der Waals surface area contributed by atoms with Crippen molar-refractivity contribution in [2.24, 2.45) is 0 Å². The lowest BCUT2D eigenvalue weighted by molar-refractivity contribution is 0.311. The smallest absolute Gasteiger partial charge is 0.0537 e. The molecule has 3 heterocycles. The highest BCUT2D eigenvalue weighted by Crippen LogP contribution is 2.38. The van der Waals surface area contributed by atoms with Crippen LogP contribution in [0.3, 0.4) is 0 Å². The molecule has 3 aromatic carbocycles. The molecule has 1 aliphatic heterocycles. The van der Waals surface area contributed by atoms with Crippen molar-refractivity contribution in [2.45, 2.75) is 19.9 Å². The summed E-state index contributed by atoms with van der Waals surface area (Å²) in [6.45, 7) is 4.27. The Hall–Kier alpha value is -3.43. The van der Waals surface area contributed by atoms with Crippen LogP contribution >= 0.6 is 0 Å². The highest BCUT2D eigenvalue weighted by atomic mass is 15.1. The monoisotopic (exact) mass is 403 g/mol. The number of nitrogens with zero attached hydrogens (tertiary/aromatic N) is 3. The standard InChI is InChI=1S/C28H25N3/c1-19-11-12-27-23(15-19)25-18-30(2)14-13-28(25)31(27)26-10-6-5-9-22(26)24-17-29-16-20-7-3-4-8-21(20)24/h3-12,15-17H,13-14,18H2,1-2H3. The number of benzene rings is 3. The number of fused-ring (bicyclic) bond motifs is 4. The molecule has 0 amide bonds. The Bertz CT molecular complexity index is 1440. The molecule has 0 saturated carbocycles. The maximum atomic E-state index is 4.57. The molecule has 31 heavy (non-hydrogen) atoms. The van der Waals surface area contributed by atoms with Crippen LogP contribution in [0.15, 0.2) is 79.1 Å². The van der Waals surface area contributed by atoms with Crippen LogP contribution in [0.5, 0.6) is 0 Å². The van der Waals surface area contributed by atoms with Crippen molar-refractivity contribution in [1.82, 2.24) is 14.5 Å². The van der Waals surface area contributed by atoms with Gasteiger partial charge in [-0.25, -0.2) is 0 Å². The topological polar surface area (TPSA) is 21.1 Å². The molecule has 0 saturated heterocycles. The molecule has 0 bridgehead atoms. The van der Waals surface area contributed by atoms with Crippen molar-refractivity contribution >= 4 is 21.7 Å². The number of pyridine rings is 1. The summed E-state index contributed by atoms with van der Waals surface area (Å²) in [7, 11) is 2.22. The maximum Gasteiger partial charge on any atom is 0.0537 e. The number of likely N-dealkylation sites (N-methyl/N-ethyl adjacent to an activating group) is 1. The zero-order valence-corrected chi connectivity index (χ0v) is 18.0. The van der Waals surface area contributed by atoms with E-state index < -0.39 is 0 Å². The van der Waals surface area contributed by atoms with Gasteiger partial charge >= 0.3 is 0 Å². The van der Waals surface area contributed by atoms with E-state index in [1.54, 1.807) is 0 Å². The summed E-state index contributed by atoms with van der Waals surface area (Å²) in [6.07, 6.45) is 5.02. The van der Waals surface area contributed by atoms with E-state index in [1.807, 2.05) is 12.4 Å². The van der Waals surface area contributed by atoms with Crippen LogP contribution in [0.2, 0.25) is 0 Å². The zero-order chi connectivity index (χ0) is 20.9. The van der Waals surface area contributed by atoms with Gasteiger partial charge in [-0.15, -0.1) is 0 Å². The van der Waals surface area contributed by atoms with Crippen molar-refractivity contribution in [3.63, 3.8) is 0 Å². The van der Waals surface area contributed by atoms with Gasteiger partial charge in [0.15, 0.2) is 0 Å². The maximum absolute atomic E-state index is 4.57. The van der Waals surface area contributed by atoms with Crippen LogP contribution in [-0.2, 0) is 13.0 Å². The predicted molar refractivity (Wildman–Crippen MR) is 129 cm³/mol. The fourth-order valence-corrected chi connectivity index (χ4v) is 5.11. The van der Waals surface area contributed by atoms with Crippen LogP contribution in [0.25, 0.3) is 38.5 Å². The molecule has 0 aliphatic carbocycles. The second-order valence-electron chi connectivity index (χ2n) is 8.69. The lowest BCUT2D eigenvalue weighted by Crippen LogP contribution is -2.27. The summed E-state index contributed by atoms with van der Waals surface area (Å²) < 4.78 is 2.51. The van der Waals surface area contributed by atoms with Gasteiger partial charge in [0.1, 0.15) is 0 Å². The number of para-hydroxylation sites is 1. The minimum Gasteiger partial charge on any atom is -0.313 e. The Morgan fingerprint density at radius 2 is 1.68 bits per heavy atom. The Morgan fingerprint density at radius 3 is 2.61 bits per heavy atom. The molecule has 3 nitrogen and oxygen atoms in total. The second kappa shape index (κ2) is 7.07. The molecule has 0 atom stereocenters. The van der Waals surface area contributed by atoms with Gasteiger partial charge in [-0.1, -0.05) is 54.1 Å². The van der Waals surface area contributed by atoms with Crippen molar-refractivity contribution in [1.29, 1.82) is 0 Å². The summed E-state index contributed by atoms with van der Waals surface area (Å²) in [6, 6.07) is 24.2. The zero-order valence-electron chi connectivity index (χ0n) is 18.0. The van der Waals surface area contributed by atoms with Crippen molar-refractivity contribution in [2.75, 3.05) is 13.6 Å². The summed E-state index contributed by atoms with van der Waals surface area (Å²) in [5.41, 5.74) is 9.17. The molecule has 0 unspecified atom stereocenters. The average Bonchev–Trinajstić information content (AvgIpc) is 3.11. The lowest BCUT2D eigenvalue weighted by Gasteiger charge is -2.25. The highest BCUT2D eigenvalue weighted by Gasteiger charge is 2.24. The lowest BCUT2D eigenvalue weighted by atomic mass is 9.99. The summed E-state index contributed by atoms with van der Waals surface area (Å²) in [5.74, 6) is 0. The molecule has 152 valence electrons. The SMILES string of the molecule is Cc1ccc2c(c1)c1c(n2-c2ccccc2-c2cncc3ccccc23)CCN(C)C1. The first-order chi connectivity index (χ1) is 15.2. The minimum atomic E-state index is 1.00. The normalized spacial score (nSPS) is 14.3. The van der Waals surface area contributed by atoms with E-state index in [-0.39, 0.29) is 0 Å². The highest BCUT2D eigenvalue weighted by molar-refractivity contribution is 5.98. The first-order valence-corrected chi connectivity index (χ1v) is 10.9. The first-order valence-electron chi connectivity index (χ1n) is 10.9. The predicted octanol–water partition coefficient (Wildman–Crippen LogP) is 6.14. The van der Waals surface area contributed by atoms with E-state index >= 15 is 0 Å². The molecule has 5 aromatic rings. The number of rotatable bonds is 2. The van der Waals surface area contributed by atoms with Crippen LogP contribution in [0.1, 0.15) is 16.8 Å². The molecule has 0 radical (unpaired) electrons. The third kappa shape index (κ3) is 2.88. The van der Waals surface area contributed by atoms with E-state index in [0.29, 0.717) is 0 Å². The molecule has 0 fully saturated rings. The van der Waals surface area contributed by atoms with E-state index in [9.17, 15) is 0 Å². The van der Waals surface area contributed by atoms with Crippen molar-refractivity contribution < 1.29 is 0 Å². The molecule has 3 heteroatoms. The molecule has 6 rings (SSSR count). The van der Waals surface area contributed by atoms with Gasteiger partial charge in [0.05, 0.1) is 11.2 Å². The van der Waals surface area contributed by atoms with Crippen LogP contribution in [0, 0.1) is 6.92 Å². The van der Waals surface area contributed by atoms with Gasteiger partial charge in [-0.3, -0.25) is 4.98 Å². The molecule has 1 aliphatic rings. The largest absolute Gasteiger partial charge is 0.313 e. The van der Waals surface area contributed by atoms with Crippen molar-refractivity contribution in [3.8, 4) is 16.8 Å². The Balaban J connectivity index is 1.68. The van der Waals surface area contributed by atoms with E-state index in [1.165, 1.54) is 55.3 Å². The third-order valence-electron chi connectivity index (χ3n) is 6.60. The average molecular weight is 404 g/mol. The second-order valence-corrected chi connectivity index (χ2v) is 8.69. The number of hydrogen-bond acceptors (Lipinski definition) is 2. The van der Waals surface area contributed by atoms with Gasteiger partial charge in [0.25, 0.3) is 0 Å². The van der Waals surface area contributed by atoms with E-state index in [4.69, 9.17) is 0 Å². The van der Waals surface area contributed by atoms with E-state index in [0.717, 1.165) is 19.5 Å². The molecule has 0 spiro atoms. The van der Waals surface area contributed by atoms with Gasteiger partial charge in [-0.05, 0) is 43.1 Å². The molecular weight excluding hydrogens is 378 g/mol. The summed E-state index contributed by atoms with van der Waals surface area (Å²) in [5, 5.41) is 3.80. The van der Waals surface area contributed by atoms with Gasteiger partial charge in [0.2, 0.25) is 0 Å². The van der Waals surface area contributed by atoms with E-state index in [2.05, 4.69) is 95.2 Å². The van der Waals surface area contributed by atoms with Crippen LogP contribution in [0.4, 0.5) is 0 Å².